The number of carbonyl (C=O) groups excluding carboxylic acids is 4. The molecule has 2 unspecified atom stereocenters. The van der Waals surface area contributed by atoms with Gasteiger partial charge in [-0.05, 0) is 109 Å². The average molecular weight is 1400 g/mol. The number of hydrogen-bond acceptors (Lipinski definition) is 15. The molecule has 3 N–H and O–H groups in total. The number of esters is 4. The zero-order chi connectivity index (χ0) is 70.4. The molecule has 0 aliphatic rings. The van der Waals surface area contributed by atoms with Gasteiger partial charge < -0.3 is 33.8 Å². The summed E-state index contributed by atoms with van der Waals surface area (Å²) >= 11 is 0. The first-order valence-electron chi connectivity index (χ1n) is 38.5. The van der Waals surface area contributed by atoms with E-state index in [0.29, 0.717) is 25.7 Å². The Balaban J connectivity index is 5.35. The number of phosphoric acid groups is 2. The van der Waals surface area contributed by atoms with Crippen LogP contribution in [0.1, 0.15) is 349 Å². The standard InChI is InChI=1S/C77H140O17P2/c1-5-9-13-17-21-25-29-33-35-39-43-47-51-55-59-63-76(81)93-72(67-87-74(79)61-57-53-49-45-41-37-31-27-23-19-15-11-7-3)69-91-95(83,84)89-65-71(78)66-90-96(85,86)92-70-73(68-88-75(80)62-58-54-50-46-42-38-32-28-24-20-16-12-8-4)94-77(82)64-60-56-52-48-44-40-36-34-30-26-22-18-14-10-6-2/h21,25-26,28,30,32-36,71-73,78H,5-20,22-24,27,29,31,37-70H2,1-4H3,(H,83,84)(H,85,86)/b25-21-,30-26-,32-28-,35-33-,36-34-/t71-,72+,73+/m0/s1. The molecule has 0 saturated carbocycles. The van der Waals surface area contributed by atoms with Crippen LogP contribution in [0.25, 0.3) is 0 Å². The predicted octanol–water partition coefficient (Wildman–Crippen LogP) is 21.9. The zero-order valence-electron chi connectivity index (χ0n) is 61.1. The van der Waals surface area contributed by atoms with Crippen molar-refractivity contribution >= 4 is 39.5 Å². The molecule has 19 heteroatoms. The smallest absolute Gasteiger partial charge is 0.462 e. The van der Waals surface area contributed by atoms with Gasteiger partial charge in [0.15, 0.2) is 12.2 Å². The molecule has 0 fully saturated rings. The highest BCUT2D eigenvalue weighted by atomic mass is 31.2. The lowest BCUT2D eigenvalue weighted by atomic mass is 10.0. The van der Waals surface area contributed by atoms with Crippen molar-refractivity contribution in [1.29, 1.82) is 0 Å². The molecule has 0 aliphatic carbocycles. The number of aliphatic hydroxyl groups is 1. The van der Waals surface area contributed by atoms with Gasteiger partial charge in [-0.15, -0.1) is 0 Å². The van der Waals surface area contributed by atoms with Crippen molar-refractivity contribution in [3.63, 3.8) is 0 Å². The molecule has 0 aromatic heterocycles. The van der Waals surface area contributed by atoms with Crippen LogP contribution < -0.4 is 0 Å². The minimum atomic E-state index is -4.97. The molecule has 0 radical (unpaired) electrons. The van der Waals surface area contributed by atoms with Crippen LogP contribution in [-0.4, -0.2) is 96.7 Å². The number of ether oxygens (including phenoxy) is 4. The second-order valence-electron chi connectivity index (χ2n) is 26.0. The SMILES string of the molecule is CCCCC/C=C\C/C=C\CCCCCCCC(=O)O[C@H](COC(=O)CCCCCCCCCCCCCCC)COP(=O)(O)OC[C@H](O)COP(=O)(O)OC[C@@H](COC(=O)CCCCCCC/C=C\CCCCCC)OC(=O)CCCCCCC/C=C\C=C/CCCCCC. The number of hydrogen-bond donors (Lipinski definition) is 3. The highest BCUT2D eigenvalue weighted by Crippen LogP contribution is 2.45. The Morgan fingerprint density at radius 2 is 0.542 bits per heavy atom. The quantitative estimate of drug-likeness (QED) is 0.0128. The van der Waals surface area contributed by atoms with Gasteiger partial charge in [0.05, 0.1) is 26.4 Å². The van der Waals surface area contributed by atoms with Gasteiger partial charge in [-0.3, -0.25) is 37.3 Å². The van der Waals surface area contributed by atoms with Crippen LogP contribution in [0.4, 0.5) is 0 Å². The molecule has 0 saturated heterocycles. The van der Waals surface area contributed by atoms with Gasteiger partial charge in [-0.1, -0.05) is 275 Å². The molecule has 0 rings (SSSR count). The molecule has 0 aromatic carbocycles. The van der Waals surface area contributed by atoms with Crippen molar-refractivity contribution in [1.82, 2.24) is 0 Å². The van der Waals surface area contributed by atoms with Crippen molar-refractivity contribution < 1.29 is 80.2 Å². The van der Waals surface area contributed by atoms with E-state index in [2.05, 4.69) is 88.5 Å². The van der Waals surface area contributed by atoms with Crippen LogP contribution >= 0.6 is 15.6 Å². The summed E-state index contributed by atoms with van der Waals surface area (Å²) in [6.07, 6.45) is 67.7. The van der Waals surface area contributed by atoms with E-state index in [9.17, 15) is 43.2 Å². The van der Waals surface area contributed by atoms with Gasteiger partial charge >= 0.3 is 39.5 Å². The Morgan fingerprint density at radius 3 is 0.875 bits per heavy atom. The Bertz CT molecular complexity index is 2060. The molecule has 0 heterocycles. The molecule has 0 bridgehead atoms. The van der Waals surface area contributed by atoms with E-state index in [1.807, 2.05) is 0 Å². The maximum Gasteiger partial charge on any atom is 0.472 e. The van der Waals surface area contributed by atoms with Gasteiger partial charge in [0.2, 0.25) is 0 Å². The van der Waals surface area contributed by atoms with Crippen molar-refractivity contribution in [3.05, 3.63) is 60.8 Å². The molecule has 0 spiro atoms. The molecule has 5 atom stereocenters. The Morgan fingerprint density at radius 1 is 0.302 bits per heavy atom. The van der Waals surface area contributed by atoms with Crippen molar-refractivity contribution in [2.75, 3.05) is 39.6 Å². The van der Waals surface area contributed by atoms with Crippen LogP contribution in [0.3, 0.4) is 0 Å². The Labute approximate surface area is 584 Å². The van der Waals surface area contributed by atoms with Gasteiger partial charge in [0.25, 0.3) is 0 Å². The minimum Gasteiger partial charge on any atom is -0.462 e. The lowest BCUT2D eigenvalue weighted by Gasteiger charge is -2.21. The highest BCUT2D eigenvalue weighted by molar-refractivity contribution is 7.47. The Kier molecular flexibility index (Phi) is 67.8. The third kappa shape index (κ3) is 69.2. The lowest BCUT2D eigenvalue weighted by molar-refractivity contribution is -0.161. The third-order valence-electron chi connectivity index (χ3n) is 16.5. The average Bonchev–Trinajstić information content (AvgIpc) is 1.19. The fourth-order valence-electron chi connectivity index (χ4n) is 10.5. The number of rotatable bonds is 73. The number of aliphatic hydroxyl groups excluding tert-OH is 1. The first-order valence-corrected chi connectivity index (χ1v) is 41.5. The topological polar surface area (TPSA) is 237 Å². The van der Waals surface area contributed by atoms with E-state index in [4.69, 9.17) is 37.0 Å². The summed E-state index contributed by atoms with van der Waals surface area (Å²) < 4.78 is 68.5. The molecule has 0 amide bonds. The zero-order valence-corrected chi connectivity index (χ0v) is 62.8. The maximum atomic E-state index is 13.1. The first-order chi connectivity index (χ1) is 46.7. The van der Waals surface area contributed by atoms with Crippen molar-refractivity contribution in [3.8, 4) is 0 Å². The number of allylic oxidation sites excluding steroid dienone is 10. The number of phosphoric ester groups is 2. The molecule has 0 aromatic rings. The third-order valence-corrected chi connectivity index (χ3v) is 18.4. The fourth-order valence-corrected chi connectivity index (χ4v) is 12.1. The van der Waals surface area contributed by atoms with Gasteiger partial charge in [-0.25, -0.2) is 9.13 Å². The predicted molar refractivity (Wildman–Crippen MR) is 390 cm³/mol. The lowest BCUT2D eigenvalue weighted by Crippen LogP contribution is -2.30. The van der Waals surface area contributed by atoms with Gasteiger partial charge in [0.1, 0.15) is 19.3 Å². The van der Waals surface area contributed by atoms with E-state index in [1.54, 1.807) is 0 Å². The highest BCUT2D eigenvalue weighted by Gasteiger charge is 2.30. The van der Waals surface area contributed by atoms with Gasteiger partial charge in [0, 0.05) is 25.7 Å². The molecular weight excluding hydrogens is 1260 g/mol. The van der Waals surface area contributed by atoms with Crippen LogP contribution in [-0.2, 0) is 65.4 Å². The first kappa shape index (κ1) is 92.8. The van der Waals surface area contributed by atoms with E-state index in [1.165, 1.54) is 128 Å². The van der Waals surface area contributed by atoms with E-state index < -0.39 is 97.5 Å². The maximum absolute atomic E-state index is 13.1. The van der Waals surface area contributed by atoms with Crippen molar-refractivity contribution in [2.24, 2.45) is 0 Å². The fraction of sp³-hybridized carbons (Fsp3) is 0.818. The largest absolute Gasteiger partial charge is 0.472 e. The summed E-state index contributed by atoms with van der Waals surface area (Å²) in [7, 11) is -9.94. The second-order valence-corrected chi connectivity index (χ2v) is 28.9. The molecule has 0 aliphatic heterocycles. The number of carbonyl (C=O) groups is 4. The summed E-state index contributed by atoms with van der Waals surface area (Å²) in [5.74, 6) is -2.19. The molecule has 96 heavy (non-hydrogen) atoms. The van der Waals surface area contributed by atoms with Crippen molar-refractivity contribution in [2.45, 2.75) is 367 Å². The molecule has 560 valence electrons. The van der Waals surface area contributed by atoms with E-state index in [0.717, 1.165) is 141 Å². The molecular formula is C77H140O17P2. The van der Waals surface area contributed by atoms with E-state index >= 15 is 0 Å². The van der Waals surface area contributed by atoms with Crippen LogP contribution in [0.15, 0.2) is 60.8 Å². The number of unbranched alkanes of at least 4 members (excludes halogenated alkanes) is 38. The van der Waals surface area contributed by atoms with E-state index in [-0.39, 0.29) is 25.7 Å². The van der Waals surface area contributed by atoms with Crippen LogP contribution in [0.5, 0.6) is 0 Å². The summed E-state index contributed by atoms with van der Waals surface area (Å²) in [6.45, 7) is 4.82. The minimum absolute atomic E-state index is 0.0792. The second kappa shape index (κ2) is 70.2. The van der Waals surface area contributed by atoms with Crippen LogP contribution in [0.2, 0.25) is 0 Å². The normalized spacial score (nSPS) is 14.3. The van der Waals surface area contributed by atoms with Crippen LogP contribution in [0, 0.1) is 0 Å². The summed E-state index contributed by atoms with van der Waals surface area (Å²) in [6, 6.07) is 0. The summed E-state index contributed by atoms with van der Waals surface area (Å²) in [5.41, 5.74) is 0. The molecule has 17 nitrogen and oxygen atoms in total. The monoisotopic (exact) mass is 1400 g/mol. The Hall–Kier alpha value is -3.24. The summed E-state index contributed by atoms with van der Waals surface area (Å²) in [4.78, 5) is 72.8. The summed E-state index contributed by atoms with van der Waals surface area (Å²) in [5, 5.41) is 10.6. The van der Waals surface area contributed by atoms with Gasteiger partial charge in [-0.2, -0.15) is 0 Å².